The van der Waals surface area contributed by atoms with Crippen LogP contribution in [-0.2, 0) is 0 Å². The minimum atomic E-state index is 1.07. The molecule has 0 heteroatoms. The molecule has 0 radical (unpaired) electrons. The van der Waals surface area contributed by atoms with E-state index in [1.54, 1.807) is 0 Å². The fraction of sp³-hybridized carbons (Fsp3) is 0.273. The van der Waals surface area contributed by atoms with Crippen molar-refractivity contribution in [2.75, 3.05) is 0 Å². The summed E-state index contributed by atoms with van der Waals surface area (Å²) in [5.74, 6) is 0. The minimum Gasteiger partial charge on any atom is -0.0913 e. The third kappa shape index (κ3) is 2.23. The van der Waals surface area contributed by atoms with Crippen LogP contribution >= 0.6 is 0 Å². The molecule has 0 saturated carbocycles. The monoisotopic (exact) mass is 146 g/mol. The fourth-order valence-electron chi connectivity index (χ4n) is 1.07. The zero-order valence-corrected chi connectivity index (χ0v) is 7.17. The second-order valence-corrected chi connectivity index (χ2v) is 2.73. The lowest BCUT2D eigenvalue weighted by Crippen LogP contribution is -1.77. The molecule has 0 heterocycles. The van der Waals surface area contributed by atoms with E-state index in [9.17, 15) is 0 Å². The molecular formula is C11H14. The molecule has 0 atom stereocenters. The molecule has 0 saturated heterocycles. The first-order valence-electron chi connectivity index (χ1n) is 4.00. The third-order valence-corrected chi connectivity index (χ3v) is 1.82. The molecule has 0 fully saturated rings. The van der Waals surface area contributed by atoms with Gasteiger partial charge in [0.25, 0.3) is 0 Å². The van der Waals surface area contributed by atoms with Gasteiger partial charge in [-0.05, 0) is 25.8 Å². The highest BCUT2D eigenvalue weighted by atomic mass is 14.0. The second-order valence-electron chi connectivity index (χ2n) is 2.73. The Morgan fingerprint density at radius 2 is 2.00 bits per heavy atom. The van der Waals surface area contributed by atoms with Crippen LogP contribution in [0.1, 0.15) is 20.3 Å². The molecule has 0 bridgehead atoms. The van der Waals surface area contributed by atoms with E-state index in [2.05, 4.69) is 50.3 Å². The van der Waals surface area contributed by atoms with Crippen molar-refractivity contribution < 1.29 is 0 Å². The van der Waals surface area contributed by atoms with Gasteiger partial charge in [0.1, 0.15) is 0 Å². The van der Waals surface area contributed by atoms with E-state index in [-0.39, 0.29) is 0 Å². The summed E-state index contributed by atoms with van der Waals surface area (Å²) in [6.07, 6.45) is 13.8. The van der Waals surface area contributed by atoms with E-state index in [0.717, 1.165) is 6.42 Å². The summed E-state index contributed by atoms with van der Waals surface area (Å²) in [5, 5.41) is 0. The standard InChI is InChI=1S/C11H14/c1-3-4-7-10(2)11-8-5-6-9-11/h3-6,8-9H,7H2,1-2H3. The van der Waals surface area contributed by atoms with Crippen LogP contribution in [0, 0.1) is 0 Å². The lowest BCUT2D eigenvalue weighted by molar-refractivity contribution is 1.18. The summed E-state index contributed by atoms with van der Waals surface area (Å²) in [6.45, 7) is 4.23. The van der Waals surface area contributed by atoms with E-state index < -0.39 is 0 Å². The largest absolute Gasteiger partial charge is 0.0913 e. The normalized spacial score (nSPS) is 15.3. The van der Waals surface area contributed by atoms with E-state index >= 15 is 0 Å². The van der Waals surface area contributed by atoms with Gasteiger partial charge in [-0.1, -0.05) is 42.0 Å². The van der Waals surface area contributed by atoms with Crippen molar-refractivity contribution in [1.29, 1.82) is 0 Å². The van der Waals surface area contributed by atoms with Gasteiger partial charge in [-0.2, -0.15) is 0 Å². The van der Waals surface area contributed by atoms with Crippen LogP contribution < -0.4 is 0 Å². The van der Waals surface area contributed by atoms with Crippen molar-refractivity contribution in [1.82, 2.24) is 0 Å². The Bertz CT molecular complexity index is 223. The van der Waals surface area contributed by atoms with E-state index in [1.807, 2.05) is 0 Å². The maximum atomic E-state index is 2.18. The molecule has 0 spiro atoms. The average Bonchev–Trinajstić information content (AvgIpc) is 2.52. The molecule has 0 aliphatic heterocycles. The summed E-state index contributed by atoms with van der Waals surface area (Å²) in [7, 11) is 0. The van der Waals surface area contributed by atoms with Crippen LogP contribution in [0.3, 0.4) is 0 Å². The lowest BCUT2D eigenvalue weighted by atomic mass is 10.1. The van der Waals surface area contributed by atoms with E-state index in [4.69, 9.17) is 0 Å². The molecule has 58 valence electrons. The van der Waals surface area contributed by atoms with Gasteiger partial charge < -0.3 is 0 Å². The van der Waals surface area contributed by atoms with Crippen LogP contribution in [-0.4, -0.2) is 0 Å². The van der Waals surface area contributed by atoms with Crippen LogP contribution in [0.15, 0.2) is 47.6 Å². The number of hydrogen-bond donors (Lipinski definition) is 0. The van der Waals surface area contributed by atoms with Crippen LogP contribution in [0.25, 0.3) is 0 Å². The highest BCUT2D eigenvalue weighted by molar-refractivity contribution is 5.43. The van der Waals surface area contributed by atoms with Crippen molar-refractivity contribution in [3.8, 4) is 0 Å². The Hall–Kier alpha value is -1.04. The van der Waals surface area contributed by atoms with Gasteiger partial charge in [0, 0.05) is 0 Å². The van der Waals surface area contributed by atoms with Gasteiger partial charge in [-0.25, -0.2) is 0 Å². The topological polar surface area (TPSA) is 0 Å². The summed E-state index contributed by atoms with van der Waals surface area (Å²) in [4.78, 5) is 0. The van der Waals surface area contributed by atoms with Gasteiger partial charge >= 0.3 is 0 Å². The van der Waals surface area contributed by atoms with E-state index in [1.165, 1.54) is 11.1 Å². The average molecular weight is 146 g/mol. The molecule has 0 N–H and O–H groups in total. The van der Waals surface area contributed by atoms with Crippen molar-refractivity contribution in [3.05, 3.63) is 47.6 Å². The first-order chi connectivity index (χ1) is 5.34. The fourth-order valence-corrected chi connectivity index (χ4v) is 1.07. The van der Waals surface area contributed by atoms with Gasteiger partial charge in [-0.3, -0.25) is 0 Å². The molecule has 0 amide bonds. The summed E-state index contributed by atoms with van der Waals surface area (Å²) >= 11 is 0. The molecule has 1 rings (SSSR count). The molecule has 0 aromatic heterocycles. The number of rotatable bonds is 2. The van der Waals surface area contributed by atoms with Crippen molar-refractivity contribution >= 4 is 0 Å². The predicted molar refractivity (Wildman–Crippen MR) is 50.4 cm³/mol. The Kier molecular flexibility index (Phi) is 2.91. The molecular weight excluding hydrogens is 132 g/mol. The summed E-state index contributed by atoms with van der Waals surface area (Å²) in [6, 6.07) is 0. The Morgan fingerprint density at radius 1 is 1.36 bits per heavy atom. The molecule has 0 unspecified atom stereocenters. The van der Waals surface area contributed by atoms with Crippen molar-refractivity contribution in [2.45, 2.75) is 20.3 Å². The van der Waals surface area contributed by atoms with Crippen molar-refractivity contribution in [2.24, 2.45) is 0 Å². The molecule has 1 aliphatic rings. The van der Waals surface area contributed by atoms with Gasteiger partial charge in [0.2, 0.25) is 0 Å². The summed E-state index contributed by atoms with van der Waals surface area (Å²) < 4.78 is 0. The Morgan fingerprint density at radius 3 is 2.55 bits per heavy atom. The second kappa shape index (κ2) is 3.97. The minimum absolute atomic E-state index is 1.07. The zero-order chi connectivity index (χ0) is 8.10. The number of hydrogen-bond acceptors (Lipinski definition) is 0. The molecule has 0 nitrogen and oxygen atoms in total. The zero-order valence-electron chi connectivity index (χ0n) is 7.17. The lowest BCUT2D eigenvalue weighted by Gasteiger charge is -1.97. The van der Waals surface area contributed by atoms with Gasteiger partial charge in [0.05, 0.1) is 0 Å². The SMILES string of the molecule is CC=CCC(C)=C1C=CC=C1. The van der Waals surface area contributed by atoms with Crippen LogP contribution in [0.5, 0.6) is 0 Å². The Labute approximate surface area is 68.6 Å². The summed E-state index contributed by atoms with van der Waals surface area (Å²) in [5.41, 5.74) is 2.80. The molecule has 0 aromatic carbocycles. The van der Waals surface area contributed by atoms with Crippen molar-refractivity contribution in [3.63, 3.8) is 0 Å². The van der Waals surface area contributed by atoms with Gasteiger partial charge in [-0.15, -0.1) is 0 Å². The van der Waals surface area contributed by atoms with E-state index in [0.29, 0.717) is 0 Å². The maximum Gasteiger partial charge on any atom is -0.0133 e. The Balaban J connectivity index is 2.64. The smallest absolute Gasteiger partial charge is 0.0133 e. The first kappa shape index (κ1) is 8.06. The molecule has 11 heavy (non-hydrogen) atoms. The highest BCUT2D eigenvalue weighted by Crippen LogP contribution is 2.15. The predicted octanol–water partition coefficient (Wildman–Crippen LogP) is 3.40. The third-order valence-electron chi connectivity index (χ3n) is 1.82. The van der Waals surface area contributed by atoms with Crippen LogP contribution in [0.4, 0.5) is 0 Å². The first-order valence-corrected chi connectivity index (χ1v) is 4.00. The molecule has 1 aliphatic carbocycles. The quantitative estimate of drug-likeness (QED) is 0.524. The highest BCUT2D eigenvalue weighted by Gasteiger charge is 1.95. The maximum absolute atomic E-state index is 2.18. The molecule has 0 aromatic rings. The number of allylic oxidation sites excluding steroid dienone is 8. The van der Waals surface area contributed by atoms with Gasteiger partial charge in [0.15, 0.2) is 0 Å². The van der Waals surface area contributed by atoms with Crippen LogP contribution in [0.2, 0.25) is 0 Å².